The molecule has 2 aromatic carbocycles. The topological polar surface area (TPSA) is 51.9 Å². The molecule has 1 aliphatic rings. The fourth-order valence-electron chi connectivity index (χ4n) is 4.12. The number of rotatable bonds is 3. The molecule has 1 saturated carbocycles. The van der Waals surface area contributed by atoms with E-state index in [-0.39, 0.29) is 11.3 Å². The lowest BCUT2D eigenvalue weighted by molar-refractivity contribution is -0.658. The lowest BCUT2D eigenvalue weighted by Crippen LogP contribution is -2.35. The molecule has 0 N–H and O–H groups in total. The van der Waals surface area contributed by atoms with E-state index in [0.717, 1.165) is 26.9 Å². The lowest BCUT2D eigenvalue weighted by atomic mass is 9.77. The average Bonchev–Trinajstić information content (AvgIpc) is 3.12. The number of fused-ring (bicyclic) bond motifs is 1. The summed E-state index contributed by atoms with van der Waals surface area (Å²) in [6.45, 7) is 1.91. The van der Waals surface area contributed by atoms with E-state index in [0.29, 0.717) is 29.4 Å². The highest BCUT2D eigenvalue weighted by Crippen LogP contribution is 2.41. The van der Waals surface area contributed by atoms with Gasteiger partial charge in [-0.2, -0.15) is 0 Å². The Bertz CT molecular complexity index is 1340. The number of aryl methyl sites for hydroxylation is 2. The molecular formula is C23H20BrFN3O2+. The third-order valence-electron chi connectivity index (χ3n) is 5.78. The maximum atomic E-state index is 13.6. The number of halogens is 2. The van der Waals surface area contributed by atoms with Crippen LogP contribution in [0.1, 0.15) is 29.9 Å². The SMILES string of the molecule is Cc1cc(Br)cc2c(=O)c(-c3ccc(-[n+]4cn(C)cn4)c([C@H]4C[C@@H](F)C4)c3)coc12. The molecule has 5 nitrogen and oxygen atoms in total. The van der Waals surface area contributed by atoms with Gasteiger partial charge in [0.2, 0.25) is 11.8 Å². The van der Waals surface area contributed by atoms with Crippen molar-refractivity contribution in [1.29, 1.82) is 0 Å². The van der Waals surface area contributed by atoms with E-state index in [1.54, 1.807) is 17.1 Å². The first-order valence-corrected chi connectivity index (χ1v) is 10.6. The second kappa shape index (κ2) is 7.16. The van der Waals surface area contributed by atoms with Crippen molar-refractivity contribution in [2.45, 2.75) is 31.9 Å². The molecule has 1 fully saturated rings. The Kier molecular flexibility index (Phi) is 4.58. The molecule has 2 aromatic heterocycles. The Labute approximate surface area is 180 Å². The second-order valence-electron chi connectivity index (χ2n) is 7.97. The largest absolute Gasteiger partial charge is 0.463 e. The van der Waals surface area contributed by atoms with Crippen molar-refractivity contribution < 1.29 is 13.5 Å². The molecular weight excluding hydrogens is 449 g/mol. The van der Waals surface area contributed by atoms with E-state index in [4.69, 9.17) is 4.42 Å². The molecule has 152 valence electrons. The quantitative estimate of drug-likeness (QED) is 0.407. The first-order chi connectivity index (χ1) is 14.4. The fourth-order valence-corrected chi connectivity index (χ4v) is 4.70. The molecule has 0 aliphatic heterocycles. The number of aromatic nitrogens is 3. The van der Waals surface area contributed by atoms with Gasteiger partial charge in [0.1, 0.15) is 18.0 Å². The van der Waals surface area contributed by atoms with Crippen LogP contribution < -0.4 is 10.1 Å². The van der Waals surface area contributed by atoms with Gasteiger partial charge in [-0.1, -0.05) is 15.9 Å². The number of nitrogens with zero attached hydrogens (tertiary/aromatic N) is 3. The zero-order chi connectivity index (χ0) is 21.0. The Morgan fingerprint density at radius 2 is 2.07 bits per heavy atom. The molecule has 0 bridgehead atoms. The summed E-state index contributed by atoms with van der Waals surface area (Å²) in [6, 6.07) is 9.53. The van der Waals surface area contributed by atoms with Crippen molar-refractivity contribution in [2.24, 2.45) is 7.05 Å². The lowest BCUT2D eigenvalue weighted by Gasteiger charge is -2.30. The highest BCUT2D eigenvalue weighted by molar-refractivity contribution is 9.10. The van der Waals surface area contributed by atoms with Crippen LogP contribution in [0, 0.1) is 6.92 Å². The van der Waals surface area contributed by atoms with Crippen molar-refractivity contribution in [3.63, 3.8) is 0 Å². The van der Waals surface area contributed by atoms with E-state index in [1.807, 2.05) is 49.1 Å². The van der Waals surface area contributed by atoms with Gasteiger partial charge in [0.15, 0.2) is 5.69 Å². The Morgan fingerprint density at radius 1 is 1.27 bits per heavy atom. The maximum Gasteiger partial charge on any atom is 0.271 e. The van der Waals surface area contributed by atoms with Crippen LogP contribution in [0.25, 0.3) is 27.8 Å². The smallest absolute Gasteiger partial charge is 0.271 e. The summed E-state index contributed by atoms with van der Waals surface area (Å²) in [5.41, 5.74) is 4.56. The summed E-state index contributed by atoms with van der Waals surface area (Å²) in [7, 11) is 1.90. The first kappa shape index (κ1) is 19.2. The Balaban J connectivity index is 1.68. The Morgan fingerprint density at radius 3 is 2.77 bits per heavy atom. The highest BCUT2D eigenvalue weighted by Gasteiger charge is 2.33. The van der Waals surface area contributed by atoms with Crippen LogP contribution in [0.2, 0.25) is 0 Å². The van der Waals surface area contributed by atoms with Crippen LogP contribution >= 0.6 is 15.9 Å². The van der Waals surface area contributed by atoms with Crippen LogP contribution in [-0.4, -0.2) is 15.8 Å². The Hall–Kier alpha value is -2.80. The normalized spacial score (nSPS) is 18.5. The molecule has 0 saturated heterocycles. The van der Waals surface area contributed by atoms with Crippen molar-refractivity contribution in [3.05, 3.63) is 75.1 Å². The summed E-state index contributed by atoms with van der Waals surface area (Å²) < 4.78 is 23.9. The summed E-state index contributed by atoms with van der Waals surface area (Å²) >= 11 is 3.46. The number of hydrogen-bond donors (Lipinski definition) is 0. The van der Waals surface area contributed by atoms with Gasteiger partial charge < -0.3 is 4.42 Å². The van der Waals surface area contributed by atoms with Gasteiger partial charge in [0, 0.05) is 10.0 Å². The van der Waals surface area contributed by atoms with Gasteiger partial charge in [0.25, 0.3) is 6.33 Å². The van der Waals surface area contributed by atoms with Crippen molar-refractivity contribution in [2.75, 3.05) is 0 Å². The summed E-state index contributed by atoms with van der Waals surface area (Å²) in [5, 5.41) is 4.93. The fraction of sp³-hybridized carbons (Fsp3) is 0.261. The molecule has 0 amide bonds. The summed E-state index contributed by atoms with van der Waals surface area (Å²) in [4.78, 5) is 13.2. The second-order valence-corrected chi connectivity index (χ2v) is 8.89. The minimum absolute atomic E-state index is 0.0817. The molecule has 1 aliphatic carbocycles. The number of benzene rings is 2. The first-order valence-electron chi connectivity index (χ1n) is 9.81. The standard InChI is InChI=1S/C23H20BrFN3O2/c1-13-5-16(24)9-19-22(29)20(10-30-23(13)19)14-3-4-21(28-12-27(2)11-26-28)18(8-14)15-6-17(25)7-15/h3-5,8-12,15,17H,6-7H2,1-2H3/q+1/t15-,17+. The van der Waals surface area contributed by atoms with Crippen LogP contribution in [-0.2, 0) is 7.05 Å². The molecule has 5 rings (SSSR count). The summed E-state index contributed by atoms with van der Waals surface area (Å²) in [6.07, 6.45) is 5.32. The van der Waals surface area contributed by atoms with Crippen LogP contribution in [0.3, 0.4) is 0 Å². The van der Waals surface area contributed by atoms with Gasteiger partial charge in [-0.25, -0.2) is 8.96 Å². The van der Waals surface area contributed by atoms with Crippen molar-refractivity contribution in [1.82, 2.24) is 9.67 Å². The molecule has 7 heteroatoms. The van der Waals surface area contributed by atoms with Crippen molar-refractivity contribution in [3.8, 4) is 16.8 Å². The van der Waals surface area contributed by atoms with E-state index >= 15 is 0 Å². The van der Waals surface area contributed by atoms with E-state index < -0.39 is 6.17 Å². The van der Waals surface area contributed by atoms with Gasteiger partial charge >= 0.3 is 0 Å². The molecule has 0 radical (unpaired) electrons. The maximum absolute atomic E-state index is 13.6. The minimum atomic E-state index is -0.772. The van der Waals surface area contributed by atoms with Gasteiger partial charge in [-0.3, -0.25) is 4.79 Å². The van der Waals surface area contributed by atoms with E-state index in [1.165, 1.54) is 6.26 Å². The molecule has 2 heterocycles. The molecule has 0 atom stereocenters. The molecule has 0 unspecified atom stereocenters. The highest BCUT2D eigenvalue weighted by atomic mass is 79.9. The zero-order valence-corrected chi connectivity index (χ0v) is 18.2. The van der Waals surface area contributed by atoms with Crippen LogP contribution in [0.15, 0.2) is 62.9 Å². The number of hydrogen-bond acceptors (Lipinski definition) is 3. The van der Waals surface area contributed by atoms with E-state index in [2.05, 4.69) is 21.0 Å². The third kappa shape index (κ3) is 3.17. The number of alkyl halides is 1. The predicted octanol–water partition coefficient (Wildman–Crippen LogP) is 4.76. The molecule has 0 spiro atoms. The average molecular weight is 469 g/mol. The molecule has 4 aromatic rings. The predicted molar refractivity (Wildman–Crippen MR) is 116 cm³/mol. The van der Waals surface area contributed by atoms with E-state index in [9.17, 15) is 9.18 Å². The summed E-state index contributed by atoms with van der Waals surface area (Å²) in [5.74, 6) is 0.105. The minimum Gasteiger partial charge on any atom is -0.463 e. The monoisotopic (exact) mass is 468 g/mol. The van der Waals surface area contributed by atoms with Crippen LogP contribution in [0.4, 0.5) is 4.39 Å². The van der Waals surface area contributed by atoms with Gasteiger partial charge in [-0.15, -0.1) is 4.68 Å². The molecule has 30 heavy (non-hydrogen) atoms. The van der Waals surface area contributed by atoms with Gasteiger partial charge in [-0.05, 0) is 72.2 Å². The van der Waals surface area contributed by atoms with Crippen LogP contribution in [0.5, 0.6) is 0 Å². The zero-order valence-electron chi connectivity index (χ0n) is 16.6. The third-order valence-corrected chi connectivity index (χ3v) is 6.24. The van der Waals surface area contributed by atoms with Gasteiger partial charge in [0.05, 0.1) is 18.0 Å². The van der Waals surface area contributed by atoms with Crippen molar-refractivity contribution >= 4 is 26.9 Å².